The van der Waals surface area contributed by atoms with Gasteiger partial charge < -0.3 is 15.2 Å². The molecule has 8 aliphatic rings. The van der Waals surface area contributed by atoms with E-state index in [4.69, 9.17) is 4.74 Å². The molecule has 6 aliphatic carbocycles. The number of nitrogens with one attached hydrogen (secondary N) is 1. The fraction of sp³-hybridized carbons (Fsp3) is 0.875. The molecule has 2 heterocycles. The molecule has 2 saturated heterocycles. The summed E-state index contributed by atoms with van der Waals surface area (Å²) in [5, 5.41) is 14.0. The Morgan fingerprint density at radius 1 is 1.00 bits per heavy atom. The number of halogens is 1. The SMILES string of the molecule is CC1C(C2=CC[C@](CF)(C(=O)O)CC2)=CCC2(C)C1CCC1(C)C2CCC2[C@H]3CCCC3(NCCN3CC4CC3CO4)CC[C@]21C. The van der Waals surface area contributed by atoms with Gasteiger partial charge in [-0.15, -0.1) is 0 Å². The van der Waals surface area contributed by atoms with Gasteiger partial charge in [-0.1, -0.05) is 46.3 Å². The number of alkyl halides is 1. The van der Waals surface area contributed by atoms with Crippen molar-refractivity contribution in [3.05, 3.63) is 23.3 Å². The minimum Gasteiger partial charge on any atom is -0.481 e. The van der Waals surface area contributed by atoms with E-state index in [9.17, 15) is 14.3 Å². The topological polar surface area (TPSA) is 61.8 Å². The molecule has 256 valence electrons. The largest absolute Gasteiger partial charge is 0.481 e. The van der Waals surface area contributed by atoms with Gasteiger partial charge in [0.25, 0.3) is 0 Å². The van der Waals surface area contributed by atoms with Crippen LogP contribution in [0.4, 0.5) is 4.39 Å². The third-order valence-electron chi connectivity index (χ3n) is 17.1. The molecule has 0 amide bonds. The lowest BCUT2D eigenvalue weighted by atomic mass is 9.34. The molecule has 0 aromatic rings. The smallest absolute Gasteiger partial charge is 0.312 e. The number of carboxylic acid groups (broad SMARTS) is 1. The standard InChI is InChI=1S/C40H61FN2O3/c1-26-30(27-9-16-39(25-41,17-10-27)35(44)45)11-14-36(2)31(26)12-15-38(4)34(36)8-7-32-33-6-5-13-40(33,19-18-37(32,38)3)42-20-21-43-23-29-22-28(43)24-46-29/h9,11,26,28-29,31-34,42H,5-8,10,12-25H2,1-4H3,(H,44,45)/t26?,28?,29?,31?,32?,33-,34?,36?,37-,38?,39+,40?/m1/s1. The Kier molecular flexibility index (Phi) is 7.75. The van der Waals surface area contributed by atoms with Crippen molar-refractivity contribution in [3.8, 4) is 0 Å². The zero-order chi connectivity index (χ0) is 32.1. The first kappa shape index (κ1) is 32.0. The number of likely N-dealkylation sites (tertiary alicyclic amines) is 1. The van der Waals surface area contributed by atoms with Crippen LogP contribution in [-0.2, 0) is 9.53 Å². The van der Waals surface area contributed by atoms with E-state index < -0.39 is 18.1 Å². The van der Waals surface area contributed by atoms with Crippen molar-refractivity contribution < 1.29 is 19.0 Å². The Labute approximate surface area is 277 Å². The predicted molar refractivity (Wildman–Crippen MR) is 180 cm³/mol. The van der Waals surface area contributed by atoms with Crippen molar-refractivity contribution in [1.29, 1.82) is 0 Å². The van der Waals surface area contributed by atoms with E-state index in [1.165, 1.54) is 81.9 Å². The zero-order valence-electron chi connectivity index (χ0n) is 29.2. The number of carboxylic acids is 1. The van der Waals surface area contributed by atoms with Gasteiger partial charge in [-0.25, -0.2) is 4.39 Å². The van der Waals surface area contributed by atoms with Crippen LogP contribution in [0, 0.1) is 51.2 Å². The maximum absolute atomic E-state index is 13.8. The molecule has 2 bridgehead atoms. The minimum absolute atomic E-state index is 0.310. The number of rotatable bonds is 7. The lowest BCUT2D eigenvalue weighted by Gasteiger charge is -2.71. The second kappa shape index (κ2) is 11.1. The van der Waals surface area contributed by atoms with Crippen LogP contribution in [-0.4, -0.2) is 66.6 Å². The van der Waals surface area contributed by atoms with Crippen LogP contribution < -0.4 is 5.32 Å². The van der Waals surface area contributed by atoms with E-state index in [0.717, 1.165) is 43.9 Å². The van der Waals surface area contributed by atoms with E-state index in [1.807, 2.05) is 0 Å². The molecule has 4 saturated carbocycles. The van der Waals surface area contributed by atoms with Gasteiger partial charge in [-0.2, -0.15) is 0 Å². The summed E-state index contributed by atoms with van der Waals surface area (Å²) in [6.07, 6.45) is 21.3. The Morgan fingerprint density at radius 3 is 2.54 bits per heavy atom. The molecular formula is C40H61FN2O3. The van der Waals surface area contributed by atoms with E-state index in [2.05, 4.69) is 50.1 Å². The predicted octanol–water partition coefficient (Wildman–Crippen LogP) is 7.95. The first-order valence-corrected chi connectivity index (χ1v) is 19.3. The minimum atomic E-state index is -1.22. The number of aliphatic carboxylic acids is 1. The molecular weight excluding hydrogens is 575 g/mol. The normalized spacial score (nSPS) is 51.5. The Hall–Kier alpha value is -1.24. The maximum Gasteiger partial charge on any atom is 0.312 e. The summed E-state index contributed by atoms with van der Waals surface area (Å²) >= 11 is 0. The van der Waals surface area contributed by atoms with Crippen molar-refractivity contribution in [2.75, 3.05) is 32.9 Å². The van der Waals surface area contributed by atoms with E-state index in [-0.39, 0.29) is 0 Å². The zero-order valence-corrected chi connectivity index (χ0v) is 29.2. The molecule has 9 unspecified atom stereocenters. The molecule has 0 spiro atoms. The summed E-state index contributed by atoms with van der Waals surface area (Å²) in [6.45, 7) is 14.2. The van der Waals surface area contributed by atoms with Crippen molar-refractivity contribution in [2.24, 2.45) is 51.2 Å². The number of ether oxygens (including phenoxy) is 1. The van der Waals surface area contributed by atoms with Crippen LogP contribution in [0.15, 0.2) is 23.3 Å². The van der Waals surface area contributed by atoms with Gasteiger partial charge in [-0.3, -0.25) is 9.69 Å². The molecule has 0 aromatic heterocycles. The lowest BCUT2D eigenvalue weighted by molar-refractivity contribution is -0.212. The van der Waals surface area contributed by atoms with Gasteiger partial charge in [-0.05, 0) is 140 Å². The summed E-state index contributed by atoms with van der Waals surface area (Å²) in [6, 6.07) is 0.663. The Bertz CT molecular complexity index is 1300. The van der Waals surface area contributed by atoms with Crippen molar-refractivity contribution >= 4 is 5.97 Å². The van der Waals surface area contributed by atoms with Gasteiger partial charge in [0, 0.05) is 31.2 Å². The Morgan fingerprint density at radius 2 is 1.85 bits per heavy atom. The lowest BCUT2D eigenvalue weighted by Crippen LogP contribution is -2.67. The summed E-state index contributed by atoms with van der Waals surface area (Å²) < 4.78 is 19.7. The van der Waals surface area contributed by atoms with Crippen LogP contribution in [0.5, 0.6) is 0 Å². The monoisotopic (exact) mass is 636 g/mol. The highest BCUT2D eigenvalue weighted by molar-refractivity contribution is 5.75. The molecule has 0 radical (unpaired) electrons. The summed E-state index contributed by atoms with van der Waals surface area (Å²) in [7, 11) is 0. The summed E-state index contributed by atoms with van der Waals surface area (Å²) in [5.74, 6) is 2.58. The molecule has 2 aliphatic heterocycles. The van der Waals surface area contributed by atoms with E-state index in [0.29, 0.717) is 65.0 Å². The third-order valence-corrected chi connectivity index (χ3v) is 17.1. The fourth-order valence-electron chi connectivity index (χ4n) is 14.3. The van der Waals surface area contributed by atoms with Gasteiger partial charge in [0.15, 0.2) is 0 Å². The van der Waals surface area contributed by atoms with Crippen LogP contribution >= 0.6 is 0 Å². The number of carbonyl (C=O) groups is 1. The molecule has 0 aromatic carbocycles. The third kappa shape index (κ3) is 4.43. The van der Waals surface area contributed by atoms with Gasteiger partial charge in [0.05, 0.1) is 18.1 Å². The fourth-order valence-corrected chi connectivity index (χ4v) is 14.3. The molecule has 46 heavy (non-hydrogen) atoms. The highest BCUT2D eigenvalue weighted by Gasteiger charge is 2.68. The molecule has 8 rings (SSSR count). The highest BCUT2D eigenvalue weighted by Crippen LogP contribution is 2.75. The van der Waals surface area contributed by atoms with Crippen LogP contribution in [0.25, 0.3) is 0 Å². The number of nitrogens with zero attached hydrogens (tertiary/aromatic N) is 1. The highest BCUT2D eigenvalue weighted by atomic mass is 19.1. The first-order valence-electron chi connectivity index (χ1n) is 19.3. The summed E-state index contributed by atoms with van der Waals surface area (Å²) in [5.41, 5.74) is 3.00. The van der Waals surface area contributed by atoms with Crippen LogP contribution in [0.2, 0.25) is 0 Å². The Balaban J connectivity index is 0.993. The quantitative estimate of drug-likeness (QED) is 0.297. The number of hydrogen-bond donors (Lipinski definition) is 2. The van der Waals surface area contributed by atoms with Crippen LogP contribution in [0.3, 0.4) is 0 Å². The van der Waals surface area contributed by atoms with Gasteiger partial charge in [0.2, 0.25) is 0 Å². The number of morpholine rings is 1. The average Bonchev–Trinajstić information content (AvgIpc) is 3.78. The second-order valence-corrected chi connectivity index (χ2v) is 18.4. The molecule has 2 N–H and O–H groups in total. The van der Waals surface area contributed by atoms with Gasteiger partial charge in [0.1, 0.15) is 6.67 Å². The number of hydrogen-bond acceptors (Lipinski definition) is 4. The van der Waals surface area contributed by atoms with Crippen molar-refractivity contribution in [1.82, 2.24) is 10.2 Å². The molecule has 5 nitrogen and oxygen atoms in total. The van der Waals surface area contributed by atoms with E-state index in [1.54, 1.807) is 0 Å². The first-order chi connectivity index (χ1) is 22.0. The van der Waals surface area contributed by atoms with Crippen LogP contribution in [0.1, 0.15) is 118 Å². The van der Waals surface area contributed by atoms with Crippen molar-refractivity contribution in [2.45, 2.75) is 135 Å². The molecule has 12 atom stereocenters. The summed E-state index contributed by atoms with van der Waals surface area (Å²) in [4.78, 5) is 14.6. The number of fused-ring (bicyclic) bond motifs is 9. The van der Waals surface area contributed by atoms with Gasteiger partial charge >= 0.3 is 5.97 Å². The second-order valence-electron chi connectivity index (χ2n) is 18.4. The average molecular weight is 637 g/mol. The molecule has 6 heteroatoms. The van der Waals surface area contributed by atoms with E-state index >= 15 is 0 Å². The van der Waals surface area contributed by atoms with Crippen molar-refractivity contribution in [3.63, 3.8) is 0 Å². The number of allylic oxidation sites excluding steroid dienone is 4. The maximum atomic E-state index is 13.8. The molecule has 6 fully saturated rings.